The lowest BCUT2D eigenvalue weighted by Gasteiger charge is -2.32. The molecule has 2 aliphatic rings. The number of piperidine rings is 1. The van der Waals surface area contributed by atoms with Crippen molar-refractivity contribution < 1.29 is 0 Å². The van der Waals surface area contributed by atoms with Gasteiger partial charge in [0.05, 0.1) is 6.04 Å². The summed E-state index contributed by atoms with van der Waals surface area (Å²) >= 11 is 1.82. The molecular weight excluding hydrogens is 319 g/mol. The first-order valence-electron chi connectivity index (χ1n) is 5.66. The van der Waals surface area contributed by atoms with Gasteiger partial charge < -0.3 is 4.90 Å². The molecule has 0 N–H and O–H groups in total. The van der Waals surface area contributed by atoms with Gasteiger partial charge in [-0.2, -0.15) is 0 Å². The average molecular weight is 340 g/mol. The van der Waals surface area contributed by atoms with Crippen molar-refractivity contribution in [3.63, 3.8) is 0 Å². The molecule has 1 saturated heterocycles. The SMILES string of the molecule is CSC(=NC1CC1)N1CCC(C)CC1.I. The molecule has 4 heteroatoms. The van der Waals surface area contributed by atoms with Gasteiger partial charge in [0.25, 0.3) is 0 Å². The van der Waals surface area contributed by atoms with Crippen LogP contribution in [0.15, 0.2) is 4.99 Å². The topological polar surface area (TPSA) is 15.6 Å². The molecule has 0 amide bonds. The highest BCUT2D eigenvalue weighted by Crippen LogP contribution is 2.27. The molecule has 0 aromatic carbocycles. The van der Waals surface area contributed by atoms with Gasteiger partial charge in [-0.25, -0.2) is 0 Å². The van der Waals surface area contributed by atoms with Crippen molar-refractivity contribution in [1.82, 2.24) is 4.90 Å². The molecule has 2 nitrogen and oxygen atoms in total. The van der Waals surface area contributed by atoms with Gasteiger partial charge in [-0.05, 0) is 37.9 Å². The van der Waals surface area contributed by atoms with Crippen LogP contribution < -0.4 is 0 Å². The van der Waals surface area contributed by atoms with E-state index in [2.05, 4.69) is 18.1 Å². The minimum atomic E-state index is 0. The average Bonchev–Trinajstić information content (AvgIpc) is 3.00. The van der Waals surface area contributed by atoms with Gasteiger partial charge in [-0.3, -0.25) is 4.99 Å². The van der Waals surface area contributed by atoms with Gasteiger partial charge in [-0.1, -0.05) is 18.7 Å². The van der Waals surface area contributed by atoms with Crippen molar-refractivity contribution in [2.24, 2.45) is 10.9 Å². The zero-order chi connectivity index (χ0) is 9.97. The van der Waals surface area contributed by atoms with Gasteiger partial charge in [0, 0.05) is 13.1 Å². The third-order valence-corrected chi connectivity index (χ3v) is 3.81. The van der Waals surface area contributed by atoms with Crippen molar-refractivity contribution in [2.75, 3.05) is 19.3 Å². The van der Waals surface area contributed by atoms with E-state index in [1.165, 1.54) is 43.9 Å². The van der Waals surface area contributed by atoms with E-state index < -0.39 is 0 Å². The quantitative estimate of drug-likeness (QED) is 0.414. The number of hydrogen-bond donors (Lipinski definition) is 0. The summed E-state index contributed by atoms with van der Waals surface area (Å²) in [6.45, 7) is 4.79. The molecule has 2 fully saturated rings. The minimum absolute atomic E-state index is 0. The van der Waals surface area contributed by atoms with Crippen molar-refractivity contribution in [3.8, 4) is 0 Å². The number of aliphatic imine (C=N–C) groups is 1. The van der Waals surface area contributed by atoms with Crippen LogP contribution in [0.4, 0.5) is 0 Å². The van der Waals surface area contributed by atoms with E-state index in [1.807, 2.05) is 11.8 Å². The van der Waals surface area contributed by atoms with Gasteiger partial charge in [0.1, 0.15) is 0 Å². The molecule has 0 aromatic rings. The van der Waals surface area contributed by atoms with Gasteiger partial charge in [0.15, 0.2) is 5.17 Å². The van der Waals surface area contributed by atoms with Gasteiger partial charge in [0.2, 0.25) is 0 Å². The summed E-state index contributed by atoms with van der Waals surface area (Å²) < 4.78 is 0. The Hall–Kier alpha value is 0.550. The highest BCUT2D eigenvalue weighted by atomic mass is 127. The second-order valence-corrected chi connectivity index (χ2v) is 5.29. The lowest BCUT2D eigenvalue weighted by molar-refractivity contribution is 0.284. The summed E-state index contributed by atoms with van der Waals surface area (Å²) in [5.74, 6) is 0.912. The maximum Gasteiger partial charge on any atom is 0.159 e. The fraction of sp³-hybridized carbons (Fsp3) is 0.909. The van der Waals surface area contributed by atoms with Crippen molar-refractivity contribution in [1.29, 1.82) is 0 Å². The van der Waals surface area contributed by atoms with E-state index in [1.54, 1.807) is 0 Å². The molecule has 0 unspecified atom stereocenters. The van der Waals surface area contributed by atoms with Crippen LogP contribution >= 0.6 is 35.7 Å². The highest BCUT2D eigenvalue weighted by molar-refractivity contribution is 14.0. The van der Waals surface area contributed by atoms with Crippen LogP contribution in [0.3, 0.4) is 0 Å². The molecule has 88 valence electrons. The molecule has 0 spiro atoms. The smallest absolute Gasteiger partial charge is 0.159 e. The molecule has 2 rings (SSSR count). The number of halogens is 1. The Morgan fingerprint density at radius 2 is 1.80 bits per heavy atom. The standard InChI is InChI=1S/C11H20N2S.HI/c1-9-5-7-13(8-6-9)11(14-2)12-10-3-4-10;/h9-10H,3-8H2,1-2H3;1H. The number of amidine groups is 1. The molecule has 0 radical (unpaired) electrons. The summed E-state index contributed by atoms with van der Waals surface area (Å²) in [5.41, 5.74) is 0. The monoisotopic (exact) mass is 340 g/mol. The van der Waals surface area contributed by atoms with Crippen LogP contribution in [0.1, 0.15) is 32.6 Å². The summed E-state index contributed by atoms with van der Waals surface area (Å²) in [6.07, 6.45) is 7.45. The first-order valence-corrected chi connectivity index (χ1v) is 6.89. The van der Waals surface area contributed by atoms with E-state index in [9.17, 15) is 0 Å². The molecular formula is C11H21IN2S. The number of rotatable bonds is 1. The van der Waals surface area contributed by atoms with Crippen molar-refractivity contribution >= 4 is 40.9 Å². The second-order valence-electron chi connectivity index (χ2n) is 4.52. The van der Waals surface area contributed by atoms with Gasteiger partial charge >= 0.3 is 0 Å². The predicted octanol–water partition coefficient (Wildman–Crippen LogP) is 3.22. The van der Waals surface area contributed by atoms with Gasteiger partial charge in [-0.15, -0.1) is 24.0 Å². The van der Waals surface area contributed by atoms with Crippen LogP contribution in [-0.2, 0) is 0 Å². The van der Waals surface area contributed by atoms with Crippen LogP contribution in [0.2, 0.25) is 0 Å². The fourth-order valence-electron chi connectivity index (χ4n) is 1.82. The lowest BCUT2D eigenvalue weighted by atomic mass is 10.00. The van der Waals surface area contributed by atoms with E-state index in [0.717, 1.165) is 5.92 Å². The maximum absolute atomic E-state index is 4.76. The fourth-order valence-corrected chi connectivity index (χ4v) is 2.52. The Bertz CT molecular complexity index is 221. The Kier molecular flexibility index (Phi) is 5.74. The van der Waals surface area contributed by atoms with E-state index >= 15 is 0 Å². The second kappa shape index (κ2) is 6.33. The first-order chi connectivity index (χ1) is 6.79. The van der Waals surface area contributed by atoms with Crippen LogP contribution in [0.5, 0.6) is 0 Å². The summed E-state index contributed by atoms with van der Waals surface area (Å²) in [6, 6.07) is 0.664. The summed E-state index contributed by atoms with van der Waals surface area (Å²) in [5, 5.41) is 1.29. The normalized spacial score (nSPS) is 23.9. The van der Waals surface area contributed by atoms with Crippen molar-refractivity contribution in [2.45, 2.75) is 38.6 Å². The molecule has 1 saturated carbocycles. The van der Waals surface area contributed by atoms with E-state index in [-0.39, 0.29) is 24.0 Å². The van der Waals surface area contributed by atoms with Crippen LogP contribution in [0.25, 0.3) is 0 Å². The van der Waals surface area contributed by atoms with Crippen LogP contribution in [-0.4, -0.2) is 35.5 Å². The molecule has 1 aliphatic carbocycles. The van der Waals surface area contributed by atoms with Crippen LogP contribution in [0, 0.1) is 5.92 Å². The number of likely N-dealkylation sites (tertiary alicyclic amines) is 1. The van der Waals surface area contributed by atoms with Crippen molar-refractivity contribution in [3.05, 3.63) is 0 Å². The lowest BCUT2D eigenvalue weighted by Crippen LogP contribution is -2.36. The Labute approximate surface area is 114 Å². The Morgan fingerprint density at radius 3 is 2.27 bits per heavy atom. The molecule has 1 heterocycles. The number of nitrogens with zero attached hydrogens (tertiary/aromatic N) is 2. The molecule has 1 aliphatic heterocycles. The summed E-state index contributed by atoms with van der Waals surface area (Å²) in [4.78, 5) is 7.24. The highest BCUT2D eigenvalue weighted by Gasteiger charge is 2.24. The number of hydrogen-bond acceptors (Lipinski definition) is 2. The summed E-state index contributed by atoms with van der Waals surface area (Å²) in [7, 11) is 0. The molecule has 0 bridgehead atoms. The zero-order valence-corrected chi connectivity index (χ0v) is 12.8. The first kappa shape index (κ1) is 13.6. The molecule has 0 aromatic heterocycles. The predicted molar refractivity (Wildman–Crippen MR) is 79.4 cm³/mol. The Balaban J connectivity index is 0.00000112. The maximum atomic E-state index is 4.76. The molecule has 15 heavy (non-hydrogen) atoms. The third kappa shape index (κ3) is 4.13. The zero-order valence-electron chi connectivity index (χ0n) is 9.61. The minimum Gasteiger partial charge on any atom is -0.351 e. The third-order valence-electron chi connectivity index (χ3n) is 3.08. The largest absolute Gasteiger partial charge is 0.351 e. The van der Waals surface area contributed by atoms with E-state index in [4.69, 9.17) is 4.99 Å². The van der Waals surface area contributed by atoms with E-state index in [0.29, 0.717) is 6.04 Å². The number of thioether (sulfide) groups is 1. The Morgan fingerprint density at radius 1 is 1.20 bits per heavy atom. The molecule has 0 atom stereocenters.